The number of methoxy groups -OCH3 is 1. The number of carbonyl (C=O) groups is 1. The van der Waals surface area contributed by atoms with Gasteiger partial charge in [0.2, 0.25) is 5.43 Å². The Balaban J connectivity index is 2.92. The molecular weight excluding hydrogens is 228 g/mol. The zero-order chi connectivity index (χ0) is 11.7. The van der Waals surface area contributed by atoms with E-state index in [9.17, 15) is 9.59 Å². The molecule has 0 fully saturated rings. The van der Waals surface area contributed by atoms with Crippen LogP contribution in [0, 0.1) is 0 Å². The third-order valence-electron chi connectivity index (χ3n) is 2.21. The number of aromatic carboxylic acids is 1. The first-order valence-corrected chi connectivity index (χ1v) is 5.35. The predicted molar refractivity (Wildman–Crippen MR) is 61.6 cm³/mol. The van der Waals surface area contributed by atoms with Crippen molar-refractivity contribution in [2.75, 3.05) is 7.11 Å². The lowest BCUT2D eigenvalue weighted by Gasteiger charge is -2.04. The summed E-state index contributed by atoms with van der Waals surface area (Å²) in [4.78, 5) is 22.7. The second kappa shape index (κ2) is 3.94. The molecule has 1 heterocycles. The molecule has 1 aromatic heterocycles. The van der Waals surface area contributed by atoms with Crippen molar-refractivity contribution < 1.29 is 14.6 Å². The molecule has 0 bridgehead atoms. The summed E-state index contributed by atoms with van der Waals surface area (Å²) in [6.07, 6.45) is 0. The molecule has 82 valence electrons. The molecule has 1 N–H and O–H groups in total. The Morgan fingerprint density at radius 1 is 1.44 bits per heavy atom. The van der Waals surface area contributed by atoms with Crippen molar-refractivity contribution >= 4 is 27.4 Å². The van der Waals surface area contributed by atoms with Crippen LogP contribution in [0.4, 0.5) is 0 Å². The highest BCUT2D eigenvalue weighted by Gasteiger charge is 2.14. The Labute approximate surface area is 94.7 Å². The zero-order valence-electron chi connectivity index (χ0n) is 8.39. The van der Waals surface area contributed by atoms with Crippen molar-refractivity contribution in [3.8, 4) is 5.75 Å². The van der Waals surface area contributed by atoms with Gasteiger partial charge in [-0.15, -0.1) is 11.3 Å². The Hall–Kier alpha value is -1.88. The Kier molecular flexibility index (Phi) is 2.62. The van der Waals surface area contributed by atoms with Crippen LogP contribution in [-0.4, -0.2) is 18.2 Å². The van der Waals surface area contributed by atoms with E-state index in [0.717, 1.165) is 0 Å². The molecule has 0 spiro atoms. The molecule has 4 nitrogen and oxygen atoms in total. The first kappa shape index (κ1) is 10.6. The van der Waals surface area contributed by atoms with Crippen molar-refractivity contribution in [1.29, 1.82) is 0 Å². The summed E-state index contributed by atoms with van der Waals surface area (Å²) < 4.78 is 5.77. The van der Waals surface area contributed by atoms with Crippen LogP contribution in [-0.2, 0) is 0 Å². The number of carboxylic acids is 1. The molecule has 0 saturated carbocycles. The van der Waals surface area contributed by atoms with E-state index < -0.39 is 11.4 Å². The van der Waals surface area contributed by atoms with Gasteiger partial charge in [-0.05, 0) is 12.1 Å². The summed E-state index contributed by atoms with van der Waals surface area (Å²) in [5.74, 6) is -0.809. The fraction of sp³-hybridized carbons (Fsp3) is 0.0909. The number of fused-ring (bicyclic) bond motifs is 1. The summed E-state index contributed by atoms with van der Waals surface area (Å²) >= 11 is 1.21. The average molecular weight is 236 g/mol. The number of rotatable bonds is 2. The minimum absolute atomic E-state index is 0.220. The van der Waals surface area contributed by atoms with Crippen molar-refractivity contribution in [3.63, 3.8) is 0 Å². The van der Waals surface area contributed by atoms with Crippen LogP contribution in [0.15, 0.2) is 28.4 Å². The van der Waals surface area contributed by atoms with E-state index in [1.165, 1.54) is 23.8 Å². The van der Waals surface area contributed by atoms with Crippen LogP contribution in [0.1, 0.15) is 10.4 Å². The van der Waals surface area contributed by atoms with E-state index in [-0.39, 0.29) is 5.56 Å². The maximum absolute atomic E-state index is 11.9. The predicted octanol–water partition coefficient (Wildman–Crippen LogP) is 1.97. The number of hydrogen-bond donors (Lipinski definition) is 1. The molecule has 0 aliphatic rings. The summed E-state index contributed by atoms with van der Waals surface area (Å²) in [6, 6.07) is 5.16. The van der Waals surface area contributed by atoms with Crippen LogP contribution in [0.5, 0.6) is 5.75 Å². The molecule has 0 amide bonds. The van der Waals surface area contributed by atoms with E-state index in [4.69, 9.17) is 9.84 Å². The van der Waals surface area contributed by atoms with Gasteiger partial charge in [0.05, 0.1) is 12.5 Å². The zero-order valence-corrected chi connectivity index (χ0v) is 9.21. The Bertz CT molecular complexity index is 615. The molecule has 0 unspecified atom stereocenters. The van der Waals surface area contributed by atoms with Gasteiger partial charge in [-0.2, -0.15) is 0 Å². The van der Waals surface area contributed by atoms with Crippen molar-refractivity contribution in [2.24, 2.45) is 0 Å². The minimum atomic E-state index is -1.21. The van der Waals surface area contributed by atoms with E-state index in [1.54, 1.807) is 18.2 Å². The third-order valence-corrected chi connectivity index (χ3v) is 3.16. The fourth-order valence-electron chi connectivity index (χ4n) is 1.46. The van der Waals surface area contributed by atoms with Gasteiger partial charge in [-0.3, -0.25) is 4.79 Å². The molecule has 5 heteroatoms. The quantitative estimate of drug-likeness (QED) is 0.865. The van der Waals surface area contributed by atoms with E-state index in [2.05, 4.69) is 0 Å². The second-order valence-corrected chi connectivity index (χ2v) is 4.03. The van der Waals surface area contributed by atoms with E-state index in [0.29, 0.717) is 15.8 Å². The minimum Gasteiger partial charge on any atom is -0.496 e. The molecule has 0 aliphatic carbocycles. The van der Waals surface area contributed by atoms with Crippen molar-refractivity contribution in [2.45, 2.75) is 0 Å². The maximum Gasteiger partial charge on any atom is 0.340 e. The smallest absolute Gasteiger partial charge is 0.340 e. The highest BCUT2D eigenvalue weighted by molar-refractivity contribution is 7.16. The largest absolute Gasteiger partial charge is 0.496 e. The van der Waals surface area contributed by atoms with Crippen molar-refractivity contribution in [1.82, 2.24) is 0 Å². The van der Waals surface area contributed by atoms with E-state index >= 15 is 0 Å². The molecule has 2 aromatic rings. The molecular formula is C11H8O4S. The van der Waals surface area contributed by atoms with Gasteiger partial charge in [-0.1, -0.05) is 6.07 Å². The SMILES string of the molecule is COc1cccc2scc(C(=O)O)c(=O)c12. The number of benzene rings is 1. The Morgan fingerprint density at radius 2 is 2.19 bits per heavy atom. The molecule has 0 atom stereocenters. The van der Waals surface area contributed by atoms with Gasteiger partial charge in [0.15, 0.2) is 0 Å². The van der Waals surface area contributed by atoms with Crippen LogP contribution < -0.4 is 10.2 Å². The molecule has 16 heavy (non-hydrogen) atoms. The second-order valence-electron chi connectivity index (χ2n) is 3.12. The lowest BCUT2D eigenvalue weighted by Crippen LogP contribution is -2.14. The van der Waals surface area contributed by atoms with Gasteiger partial charge in [0.1, 0.15) is 11.3 Å². The number of ether oxygens (including phenoxy) is 1. The normalized spacial score (nSPS) is 10.3. The van der Waals surface area contributed by atoms with E-state index in [1.807, 2.05) is 0 Å². The van der Waals surface area contributed by atoms with Crippen LogP contribution >= 0.6 is 11.3 Å². The molecule has 1 aromatic carbocycles. The van der Waals surface area contributed by atoms with Gasteiger partial charge in [-0.25, -0.2) is 4.79 Å². The lowest BCUT2D eigenvalue weighted by molar-refractivity contribution is 0.0696. The van der Waals surface area contributed by atoms with Crippen LogP contribution in [0.25, 0.3) is 10.1 Å². The number of hydrogen-bond acceptors (Lipinski definition) is 4. The topological polar surface area (TPSA) is 63.6 Å². The lowest BCUT2D eigenvalue weighted by atomic mass is 10.2. The molecule has 0 saturated heterocycles. The standard InChI is InChI=1S/C11H8O4S/c1-15-7-3-2-4-8-9(7)10(12)6(5-16-8)11(13)14/h2-5H,1H3,(H,13,14). The monoisotopic (exact) mass is 236 g/mol. The molecule has 0 radical (unpaired) electrons. The highest BCUT2D eigenvalue weighted by Crippen LogP contribution is 2.25. The molecule has 0 aliphatic heterocycles. The molecule has 2 rings (SSSR count). The maximum atomic E-state index is 11.9. The van der Waals surface area contributed by atoms with Gasteiger partial charge >= 0.3 is 5.97 Å². The Morgan fingerprint density at radius 3 is 2.81 bits per heavy atom. The van der Waals surface area contributed by atoms with Crippen LogP contribution in [0.2, 0.25) is 0 Å². The average Bonchev–Trinajstić information content (AvgIpc) is 2.28. The third kappa shape index (κ3) is 1.55. The summed E-state index contributed by atoms with van der Waals surface area (Å²) in [6.45, 7) is 0. The van der Waals surface area contributed by atoms with Crippen molar-refractivity contribution in [3.05, 3.63) is 39.4 Å². The van der Waals surface area contributed by atoms with Gasteiger partial charge < -0.3 is 9.84 Å². The highest BCUT2D eigenvalue weighted by atomic mass is 32.1. The first-order chi connectivity index (χ1) is 7.65. The van der Waals surface area contributed by atoms with Crippen LogP contribution in [0.3, 0.4) is 0 Å². The summed E-state index contributed by atoms with van der Waals surface area (Å²) in [7, 11) is 1.45. The summed E-state index contributed by atoms with van der Waals surface area (Å²) in [5, 5.41) is 10.5. The number of carboxylic acid groups (broad SMARTS) is 1. The summed E-state index contributed by atoms with van der Waals surface area (Å²) in [5.41, 5.74) is -0.722. The van der Waals surface area contributed by atoms with Gasteiger partial charge in [0, 0.05) is 10.1 Å². The van der Waals surface area contributed by atoms with Gasteiger partial charge in [0.25, 0.3) is 0 Å². The first-order valence-electron chi connectivity index (χ1n) is 4.47. The fourth-order valence-corrected chi connectivity index (χ4v) is 2.38.